The van der Waals surface area contributed by atoms with E-state index in [1.807, 2.05) is 72.8 Å². The Morgan fingerprint density at radius 2 is 1.42 bits per heavy atom. The van der Waals surface area contributed by atoms with E-state index in [1.165, 1.54) is 11.6 Å². The summed E-state index contributed by atoms with van der Waals surface area (Å²) in [5, 5.41) is 0. The van der Waals surface area contributed by atoms with Gasteiger partial charge in [0.15, 0.2) is 0 Å². The Kier molecular flexibility index (Phi) is 5.21. The minimum atomic E-state index is -0.376. The molecule has 3 rings (SSSR count). The smallest absolute Gasteiger partial charge is 0.336 e. The molecular formula is C22H18O2. The molecule has 2 heteroatoms. The fourth-order valence-electron chi connectivity index (χ4n) is 2.44. The van der Waals surface area contributed by atoms with Crippen LogP contribution in [0, 0.1) is 0 Å². The normalized spacial score (nSPS) is 10.7. The fourth-order valence-corrected chi connectivity index (χ4v) is 2.44. The number of esters is 1. The van der Waals surface area contributed by atoms with E-state index in [1.54, 1.807) is 6.08 Å². The summed E-state index contributed by atoms with van der Waals surface area (Å²) in [6.07, 6.45) is 3.93. The van der Waals surface area contributed by atoms with E-state index in [2.05, 4.69) is 12.1 Å². The second-order valence-electron chi connectivity index (χ2n) is 5.44. The van der Waals surface area contributed by atoms with Crippen LogP contribution in [0.5, 0.6) is 5.75 Å². The van der Waals surface area contributed by atoms with E-state index in [4.69, 9.17) is 4.74 Å². The molecule has 0 fully saturated rings. The number of rotatable bonds is 5. The van der Waals surface area contributed by atoms with Crippen LogP contribution in [0.4, 0.5) is 0 Å². The number of ether oxygens (including phenoxy) is 1. The molecule has 3 aromatic rings. The van der Waals surface area contributed by atoms with Crippen molar-refractivity contribution >= 4 is 12.0 Å². The molecule has 0 aliphatic carbocycles. The zero-order valence-corrected chi connectivity index (χ0v) is 13.3. The zero-order chi connectivity index (χ0) is 16.6. The summed E-state index contributed by atoms with van der Waals surface area (Å²) in [6, 6.07) is 27.4. The van der Waals surface area contributed by atoms with Crippen LogP contribution >= 0.6 is 0 Å². The van der Waals surface area contributed by atoms with E-state index in [0.29, 0.717) is 5.75 Å². The number of carbonyl (C=O) groups is 1. The standard InChI is InChI=1S/C22H18O2/c23-22(16-15-18-9-3-1-4-10-18)24-21-14-8-7-13-20(21)17-19-11-5-2-6-12-19/h1-16H,17H2/b16-15+. The Labute approximate surface area is 142 Å². The van der Waals surface area contributed by atoms with Gasteiger partial charge in [-0.25, -0.2) is 4.79 Å². The van der Waals surface area contributed by atoms with E-state index >= 15 is 0 Å². The third kappa shape index (κ3) is 4.43. The number of hydrogen-bond acceptors (Lipinski definition) is 2. The lowest BCUT2D eigenvalue weighted by Gasteiger charge is -2.09. The van der Waals surface area contributed by atoms with E-state index in [0.717, 1.165) is 17.5 Å². The highest BCUT2D eigenvalue weighted by Gasteiger charge is 2.07. The first-order valence-corrected chi connectivity index (χ1v) is 7.88. The highest BCUT2D eigenvalue weighted by molar-refractivity contribution is 5.88. The van der Waals surface area contributed by atoms with Gasteiger partial charge in [-0.3, -0.25) is 0 Å². The van der Waals surface area contributed by atoms with Crippen molar-refractivity contribution in [2.75, 3.05) is 0 Å². The summed E-state index contributed by atoms with van der Waals surface area (Å²) < 4.78 is 5.51. The molecule has 118 valence electrons. The zero-order valence-electron chi connectivity index (χ0n) is 13.3. The van der Waals surface area contributed by atoms with Gasteiger partial charge in [0, 0.05) is 12.5 Å². The number of benzene rings is 3. The van der Waals surface area contributed by atoms with E-state index in [9.17, 15) is 4.79 Å². The molecule has 0 saturated heterocycles. The Balaban J connectivity index is 1.71. The quantitative estimate of drug-likeness (QED) is 0.380. The molecule has 0 aliphatic rings. The van der Waals surface area contributed by atoms with Crippen LogP contribution in [-0.4, -0.2) is 5.97 Å². The van der Waals surface area contributed by atoms with Crippen LogP contribution in [0.15, 0.2) is 91.0 Å². The molecule has 0 aliphatic heterocycles. The molecule has 0 radical (unpaired) electrons. The maximum absolute atomic E-state index is 12.1. The molecule has 0 bridgehead atoms. The van der Waals surface area contributed by atoms with Crippen molar-refractivity contribution in [2.24, 2.45) is 0 Å². The molecule has 0 unspecified atom stereocenters. The molecule has 0 atom stereocenters. The van der Waals surface area contributed by atoms with Gasteiger partial charge < -0.3 is 4.74 Å². The number of hydrogen-bond donors (Lipinski definition) is 0. The summed E-state index contributed by atoms with van der Waals surface area (Å²) in [6.45, 7) is 0. The van der Waals surface area contributed by atoms with Crippen molar-refractivity contribution in [3.05, 3.63) is 108 Å². The lowest BCUT2D eigenvalue weighted by atomic mass is 10.0. The first-order valence-electron chi connectivity index (χ1n) is 7.88. The predicted molar refractivity (Wildman–Crippen MR) is 96.8 cm³/mol. The van der Waals surface area contributed by atoms with Crippen molar-refractivity contribution in [2.45, 2.75) is 6.42 Å². The highest BCUT2D eigenvalue weighted by Crippen LogP contribution is 2.21. The lowest BCUT2D eigenvalue weighted by molar-refractivity contribution is -0.128. The SMILES string of the molecule is O=C(/C=C/c1ccccc1)Oc1ccccc1Cc1ccccc1. The Hall–Kier alpha value is -3.13. The van der Waals surface area contributed by atoms with Gasteiger partial charge in [-0.05, 0) is 28.8 Å². The van der Waals surface area contributed by atoms with Gasteiger partial charge in [-0.15, -0.1) is 0 Å². The molecule has 3 aromatic carbocycles. The average Bonchev–Trinajstić information content (AvgIpc) is 2.63. The second kappa shape index (κ2) is 7.93. The fraction of sp³-hybridized carbons (Fsp3) is 0.0455. The average molecular weight is 314 g/mol. The molecule has 0 amide bonds. The van der Waals surface area contributed by atoms with E-state index < -0.39 is 0 Å². The molecule has 0 spiro atoms. The number of carbonyl (C=O) groups excluding carboxylic acids is 1. The molecule has 24 heavy (non-hydrogen) atoms. The van der Waals surface area contributed by atoms with Gasteiger partial charge in [0.1, 0.15) is 5.75 Å². The third-order valence-electron chi connectivity index (χ3n) is 3.63. The second-order valence-corrected chi connectivity index (χ2v) is 5.44. The van der Waals surface area contributed by atoms with Crippen molar-refractivity contribution in [1.29, 1.82) is 0 Å². The number of para-hydroxylation sites is 1. The molecular weight excluding hydrogens is 296 g/mol. The van der Waals surface area contributed by atoms with Crippen LogP contribution in [0.25, 0.3) is 6.08 Å². The minimum absolute atomic E-state index is 0.376. The van der Waals surface area contributed by atoms with Gasteiger partial charge in [0.05, 0.1) is 0 Å². The third-order valence-corrected chi connectivity index (χ3v) is 3.63. The Morgan fingerprint density at radius 3 is 2.17 bits per heavy atom. The lowest BCUT2D eigenvalue weighted by Crippen LogP contribution is -2.06. The van der Waals surface area contributed by atoms with Crippen LogP contribution in [-0.2, 0) is 11.2 Å². The molecule has 0 N–H and O–H groups in total. The summed E-state index contributed by atoms with van der Waals surface area (Å²) in [5.74, 6) is 0.225. The Bertz CT molecular complexity index is 821. The largest absolute Gasteiger partial charge is 0.423 e. The maximum Gasteiger partial charge on any atom is 0.336 e. The maximum atomic E-state index is 12.1. The van der Waals surface area contributed by atoms with Gasteiger partial charge in [-0.1, -0.05) is 78.9 Å². The monoisotopic (exact) mass is 314 g/mol. The van der Waals surface area contributed by atoms with Crippen molar-refractivity contribution in [1.82, 2.24) is 0 Å². The van der Waals surface area contributed by atoms with Crippen LogP contribution in [0.1, 0.15) is 16.7 Å². The van der Waals surface area contributed by atoms with E-state index in [-0.39, 0.29) is 5.97 Å². The summed E-state index contributed by atoms with van der Waals surface area (Å²) in [7, 11) is 0. The Morgan fingerprint density at radius 1 is 0.792 bits per heavy atom. The summed E-state index contributed by atoms with van der Waals surface area (Å²) in [5.41, 5.74) is 3.14. The van der Waals surface area contributed by atoms with Crippen LogP contribution in [0.2, 0.25) is 0 Å². The minimum Gasteiger partial charge on any atom is -0.423 e. The van der Waals surface area contributed by atoms with Crippen molar-refractivity contribution < 1.29 is 9.53 Å². The topological polar surface area (TPSA) is 26.3 Å². The highest BCUT2D eigenvalue weighted by atomic mass is 16.5. The van der Waals surface area contributed by atoms with Gasteiger partial charge in [-0.2, -0.15) is 0 Å². The van der Waals surface area contributed by atoms with Crippen LogP contribution in [0.3, 0.4) is 0 Å². The molecule has 2 nitrogen and oxygen atoms in total. The first kappa shape index (κ1) is 15.8. The predicted octanol–water partition coefficient (Wildman–Crippen LogP) is 4.90. The molecule has 0 heterocycles. The van der Waals surface area contributed by atoms with Crippen LogP contribution < -0.4 is 4.74 Å². The summed E-state index contributed by atoms with van der Waals surface area (Å²) in [4.78, 5) is 12.1. The van der Waals surface area contributed by atoms with Gasteiger partial charge >= 0.3 is 5.97 Å². The van der Waals surface area contributed by atoms with Gasteiger partial charge in [0.2, 0.25) is 0 Å². The molecule has 0 aromatic heterocycles. The van der Waals surface area contributed by atoms with Crippen molar-refractivity contribution in [3.63, 3.8) is 0 Å². The van der Waals surface area contributed by atoms with Crippen molar-refractivity contribution in [3.8, 4) is 5.75 Å². The first-order chi connectivity index (χ1) is 11.8. The van der Waals surface area contributed by atoms with Gasteiger partial charge in [0.25, 0.3) is 0 Å². The summed E-state index contributed by atoms with van der Waals surface area (Å²) >= 11 is 0. The molecule has 0 saturated carbocycles.